The summed E-state index contributed by atoms with van der Waals surface area (Å²) in [5.74, 6) is 0.347. The van der Waals surface area contributed by atoms with Gasteiger partial charge in [0, 0.05) is 0 Å². The van der Waals surface area contributed by atoms with E-state index in [4.69, 9.17) is 11.6 Å². The van der Waals surface area contributed by atoms with Crippen LogP contribution in [0.25, 0.3) is 0 Å². The van der Waals surface area contributed by atoms with Crippen LogP contribution in [-0.4, -0.2) is 16.6 Å². The van der Waals surface area contributed by atoms with Crippen molar-refractivity contribution in [3.8, 4) is 0 Å². The molecule has 50 valence electrons. The SMILES string of the molecule is CCC(O)(CC)CCl. The predicted molar refractivity (Wildman–Crippen MR) is 36.3 cm³/mol. The van der Waals surface area contributed by atoms with Gasteiger partial charge in [-0.25, -0.2) is 0 Å². The molecule has 0 aromatic heterocycles. The Morgan fingerprint density at radius 2 is 1.75 bits per heavy atom. The van der Waals surface area contributed by atoms with Gasteiger partial charge in [0.1, 0.15) is 0 Å². The number of alkyl halides is 1. The minimum atomic E-state index is -0.610. The Morgan fingerprint density at radius 1 is 1.38 bits per heavy atom. The molecule has 0 rings (SSSR count). The van der Waals surface area contributed by atoms with Crippen molar-refractivity contribution in [3.05, 3.63) is 0 Å². The molecule has 0 saturated heterocycles. The number of hydrogen-bond donors (Lipinski definition) is 1. The van der Waals surface area contributed by atoms with Gasteiger partial charge in [0.05, 0.1) is 11.5 Å². The fourth-order valence-corrected chi connectivity index (χ4v) is 0.817. The average Bonchev–Trinajstić information content (AvgIpc) is 1.87. The first-order valence-electron chi connectivity index (χ1n) is 2.97. The molecular formula is C6H13ClO. The van der Waals surface area contributed by atoms with Crippen LogP contribution in [0, 0.1) is 0 Å². The zero-order valence-electron chi connectivity index (χ0n) is 5.45. The molecule has 0 aromatic rings. The summed E-state index contributed by atoms with van der Waals surface area (Å²) in [4.78, 5) is 0. The quantitative estimate of drug-likeness (QED) is 0.587. The molecule has 8 heavy (non-hydrogen) atoms. The van der Waals surface area contributed by atoms with Gasteiger partial charge in [0.25, 0.3) is 0 Å². The second-order valence-electron chi connectivity index (χ2n) is 2.07. The molecule has 0 radical (unpaired) electrons. The van der Waals surface area contributed by atoms with E-state index < -0.39 is 5.60 Å². The maximum absolute atomic E-state index is 9.31. The first-order valence-corrected chi connectivity index (χ1v) is 3.50. The van der Waals surface area contributed by atoms with Crippen LogP contribution in [-0.2, 0) is 0 Å². The van der Waals surface area contributed by atoms with E-state index >= 15 is 0 Å². The van der Waals surface area contributed by atoms with E-state index in [1.165, 1.54) is 0 Å². The van der Waals surface area contributed by atoms with Crippen molar-refractivity contribution in [1.82, 2.24) is 0 Å². The minimum Gasteiger partial charge on any atom is -0.389 e. The summed E-state index contributed by atoms with van der Waals surface area (Å²) in [5.41, 5.74) is -0.610. The molecule has 0 bridgehead atoms. The number of halogens is 1. The molecule has 0 saturated carbocycles. The molecule has 0 aromatic carbocycles. The molecule has 2 heteroatoms. The van der Waals surface area contributed by atoms with Gasteiger partial charge in [-0.2, -0.15) is 0 Å². The molecule has 0 atom stereocenters. The van der Waals surface area contributed by atoms with E-state index in [0.717, 1.165) is 12.8 Å². The van der Waals surface area contributed by atoms with Crippen molar-refractivity contribution in [2.24, 2.45) is 0 Å². The van der Waals surface area contributed by atoms with E-state index in [1.807, 2.05) is 13.8 Å². The van der Waals surface area contributed by atoms with E-state index in [0.29, 0.717) is 5.88 Å². The zero-order valence-corrected chi connectivity index (χ0v) is 6.20. The maximum Gasteiger partial charge on any atom is 0.0777 e. The Bertz CT molecular complexity index is 51.3. The first kappa shape index (κ1) is 8.25. The second kappa shape index (κ2) is 3.31. The molecule has 1 N–H and O–H groups in total. The van der Waals surface area contributed by atoms with Crippen LogP contribution < -0.4 is 0 Å². The Labute approximate surface area is 55.7 Å². The molecule has 0 amide bonds. The molecule has 0 heterocycles. The first-order chi connectivity index (χ1) is 3.68. The number of hydrogen-bond acceptors (Lipinski definition) is 1. The van der Waals surface area contributed by atoms with Crippen molar-refractivity contribution in [3.63, 3.8) is 0 Å². The lowest BCUT2D eigenvalue weighted by molar-refractivity contribution is 0.0557. The summed E-state index contributed by atoms with van der Waals surface area (Å²) in [6.45, 7) is 3.87. The number of aliphatic hydroxyl groups is 1. The van der Waals surface area contributed by atoms with Gasteiger partial charge in [-0.15, -0.1) is 11.6 Å². The molecule has 0 spiro atoms. The van der Waals surface area contributed by atoms with Crippen molar-refractivity contribution in [2.45, 2.75) is 32.3 Å². The summed E-state index contributed by atoms with van der Waals surface area (Å²) in [6.07, 6.45) is 1.49. The highest BCUT2D eigenvalue weighted by molar-refractivity contribution is 6.18. The Kier molecular flexibility index (Phi) is 3.41. The summed E-state index contributed by atoms with van der Waals surface area (Å²) in [5, 5.41) is 9.31. The molecule has 0 aliphatic heterocycles. The van der Waals surface area contributed by atoms with Gasteiger partial charge in [0.2, 0.25) is 0 Å². The largest absolute Gasteiger partial charge is 0.389 e. The minimum absolute atomic E-state index is 0.347. The number of rotatable bonds is 3. The van der Waals surface area contributed by atoms with Crippen LogP contribution in [0.2, 0.25) is 0 Å². The van der Waals surface area contributed by atoms with Crippen LogP contribution in [0.1, 0.15) is 26.7 Å². The van der Waals surface area contributed by atoms with Gasteiger partial charge in [0.15, 0.2) is 0 Å². The predicted octanol–water partition coefficient (Wildman–Crippen LogP) is 1.78. The van der Waals surface area contributed by atoms with Crippen LogP contribution >= 0.6 is 11.6 Å². The molecule has 0 aliphatic carbocycles. The lowest BCUT2D eigenvalue weighted by atomic mass is 10.0. The summed E-state index contributed by atoms with van der Waals surface area (Å²) >= 11 is 5.46. The lowest BCUT2D eigenvalue weighted by Gasteiger charge is -2.20. The van der Waals surface area contributed by atoms with Crippen LogP contribution in [0.5, 0.6) is 0 Å². The topological polar surface area (TPSA) is 20.2 Å². The van der Waals surface area contributed by atoms with Gasteiger partial charge < -0.3 is 5.11 Å². The smallest absolute Gasteiger partial charge is 0.0777 e. The van der Waals surface area contributed by atoms with Gasteiger partial charge >= 0.3 is 0 Å². The summed E-state index contributed by atoms with van der Waals surface area (Å²) in [7, 11) is 0. The zero-order chi connectivity index (χ0) is 6.62. The highest BCUT2D eigenvalue weighted by Crippen LogP contribution is 2.15. The van der Waals surface area contributed by atoms with Crippen molar-refractivity contribution in [2.75, 3.05) is 5.88 Å². The highest BCUT2D eigenvalue weighted by Gasteiger charge is 2.19. The second-order valence-corrected chi connectivity index (χ2v) is 2.33. The summed E-state index contributed by atoms with van der Waals surface area (Å²) in [6, 6.07) is 0. The Morgan fingerprint density at radius 3 is 1.75 bits per heavy atom. The molecule has 1 nitrogen and oxygen atoms in total. The monoisotopic (exact) mass is 136 g/mol. The van der Waals surface area contributed by atoms with E-state index in [2.05, 4.69) is 0 Å². The third-order valence-electron chi connectivity index (χ3n) is 1.56. The van der Waals surface area contributed by atoms with Gasteiger partial charge in [-0.1, -0.05) is 13.8 Å². The fraction of sp³-hybridized carbons (Fsp3) is 1.00. The van der Waals surface area contributed by atoms with Crippen molar-refractivity contribution in [1.29, 1.82) is 0 Å². The van der Waals surface area contributed by atoms with Crippen LogP contribution in [0.4, 0.5) is 0 Å². The molecular weight excluding hydrogens is 124 g/mol. The van der Waals surface area contributed by atoms with Gasteiger partial charge in [-0.3, -0.25) is 0 Å². The highest BCUT2D eigenvalue weighted by atomic mass is 35.5. The third kappa shape index (κ3) is 2.01. The van der Waals surface area contributed by atoms with Crippen molar-refractivity contribution >= 4 is 11.6 Å². The fourth-order valence-electron chi connectivity index (χ4n) is 0.439. The van der Waals surface area contributed by atoms with Crippen LogP contribution in [0.15, 0.2) is 0 Å². The van der Waals surface area contributed by atoms with Gasteiger partial charge in [-0.05, 0) is 12.8 Å². The Balaban J connectivity index is 3.58. The third-order valence-corrected chi connectivity index (χ3v) is 2.06. The summed E-state index contributed by atoms with van der Waals surface area (Å²) < 4.78 is 0. The standard InChI is InChI=1S/C6H13ClO/c1-3-6(8,4-2)5-7/h8H,3-5H2,1-2H3. The molecule has 0 unspecified atom stereocenters. The van der Waals surface area contributed by atoms with E-state index in [1.54, 1.807) is 0 Å². The van der Waals surface area contributed by atoms with Crippen LogP contribution in [0.3, 0.4) is 0 Å². The lowest BCUT2D eigenvalue weighted by Crippen LogP contribution is -2.28. The molecule has 0 aliphatic rings. The van der Waals surface area contributed by atoms with E-state index in [-0.39, 0.29) is 0 Å². The normalized spacial score (nSPS) is 12.0. The maximum atomic E-state index is 9.31. The molecule has 0 fully saturated rings. The van der Waals surface area contributed by atoms with E-state index in [9.17, 15) is 5.11 Å². The average molecular weight is 137 g/mol. The van der Waals surface area contributed by atoms with Crippen molar-refractivity contribution < 1.29 is 5.11 Å². The Hall–Kier alpha value is 0.250.